The smallest absolute Gasteiger partial charge is 0.339 e. The van der Waals surface area contributed by atoms with Crippen molar-refractivity contribution in [2.75, 3.05) is 26.1 Å². The van der Waals surface area contributed by atoms with E-state index in [1.54, 1.807) is 42.5 Å². The first-order valence-corrected chi connectivity index (χ1v) is 7.78. The van der Waals surface area contributed by atoms with E-state index in [0.29, 0.717) is 27.2 Å². The molecule has 0 fully saturated rings. The number of rotatable bonds is 6. The van der Waals surface area contributed by atoms with Gasteiger partial charge >= 0.3 is 5.97 Å². The molecule has 0 saturated carbocycles. The van der Waals surface area contributed by atoms with Gasteiger partial charge in [-0.05, 0) is 40.2 Å². The molecule has 2 aromatic rings. The fourth-order valence-electron chi connectivity index (χ4n) is 1.93. The van der Waals surface area contributed by atoms with Crippen LogP contribution >= 0.6 is 15.9 Å². The number of ether oxygens (including phenoxy) is 3. The Morgan fingerprint density at radius 3 is 2.50 bits per heavy atom. The number of esters is 1. The van der Waals surface area contributed by atoms with E-state index in [4.69, 9.17) is 14.2 Å². The average Bonchev–Trinajstić information content (AvgIpc) is 2.60. The molecule has 2 rings (SSSR count). The number of hydrogen-bond donors (Lipinski definition) is 1. The van der Waals surface area contributed by atoms with E-state index in [9.17, 15) is 9.59 Å². The van der Waals surface area contributed by atoms with Crippen molar-refractivity contribution >= 4 is 33.5 Å². The molecule has 0 radical (unpaired) electrons. The van der Waals surface area contributed by atoms with Crippen LogP contribution in [0.5, 0.6) is 11.5 Å². The summed E-state index contributed by atoms with van der Waals surface area (Å²) >= 11 is 3.26. The third-order valence-electron chi connectivity index (χ3n) is 3.11. The van der Waals surface area contributed by atoms with Crippen molar-refractivity contribution in [1.29, 1.82) is 0 Å². The SMILES string of the molecule is COc1ccc(OC)c(NC(=O)COC(=O)c2ccccc2Br)c1. The van der Waals surface area contributed by atoms with Crippen LogP contribution in [0.3, 0.4) is 0 Å². The fraction of sp³-hybridized carbons (Fsp3) is 0.176. The lowest BCUT2D eigenvalue weighted by Gasteiger charge is -2.12. The number of methoxy groups -OCH3 is 2. The van der Waals surface area contributed by atoms with Crippen molar-refractivity contribution in [2.24, 2.45) is 0 Å². The normalized spacial score (nSPS) is 9.96. The molecule has 0 aliphatic rings. The van der Waals surface area contributed by atoms with Gasteiger partial charge in [0.05, 0.1) is 25.5 Å². The molecule has 0 aliphatic carbocycles. The molecule has 6 nitrogen and oxygen atoms in total. The lowest BCUT2D eigenvalue weighted by molar-refractivity contribution is -0.119. The second-order valence-electron chi connectivity index (χ2n) is 4.67. The molecule has 1 amide bonds. The third kappa shape index (κ3) is 4.48. The van der Waals surface area contributed by atoms with Crippen LogP contribution in [0.15, 0.2) is 46.9 Å². The van der Waals surface area contributed by atoms with E-state index in [1.165, 1.54) is 14.2 Å². The van der Waals surface area contributed by atoms with Gasteiger partial charge in [0.1, 0.15) is 11.5 Å². The number of anilines is 1. The summed E-state index contributed by atoms with van der Waals surface area (Å²) in [7, 11) is 3.01. The molecular formula is C17H16BrNO5. The van der Waals surface area contributed by atoms with Gasteiger partial charge in [0.25, 0.3) is 5.91 Å². The summed E-state index contributed by atoms with van der Waals surface area (Å²) in [6, 6.07) is 11.8. The van der Waals surface area contributed by atoms with E-state index in [2.05, 4.69) is 21.2 Å². The van der Waals surface area contributed by atoms with E-state index in [-0.39, 0.29) is 0 Å². The Kier molecular flexibility index (Phi) is 6.20. The molecule has 0 saturated heterocycles. The topological polar surface area (TPSA) is 73.9 Å². The van der Waals surface area contributed by atoms with Gasteiger partial charge < -0.3 is 19.5 Å². The van der Waals surface area contributed by atoms with Gasteiger partial charge in [-0.1, -0.05) is 12.1 Å². The Morgan fingerprint density at radius 2 is 1.83 bits per heavy atom. The minimum absolute atomic E-state index is 0.351. The monoisotopic (exact) mass is 393 g/mol. The third-order valence-corrected chi connectivity index (χ3v) is 3.80. The Balaban J connectivity index is 1.99. The molecule has 0 atom stereocenters. The van der Waals surface area contributed by atoms with Crippen LogP contribution < -0.4 is 14.8 Å². The maximum atomic E-state index is 12.0. The highest BCUT2D eigenvalue weighted by molar-refractivity contribution is 9.10. The van der Waals surface area contributed by atoms with Gasteiger partial charge in [-0.15, -0.1) is 0 Å². The number of carbonyl (C=O) groups excluding carboxylic acids is 2. The van der Waals surface area contributed by atoms with Crippen molar-refractivity contribution in [1.82, 2.24) is 0 Å². The number of halogens is 1. The van der Waals surface area contributed by atoms with Crippen LogP contribution in [-0.4, -0.2) is 32.7 Å². The molecule has 0 bridgehead atoms. The van der Waals surface area contributed by atoms with Gasteiger partial charge in [-0.25, -0.2) is 4.79 Å². The van der Waals surface area contributed by atoms with Crippen LogP contribution in [0.4, 0.5) is 5.69 Å². The number of amides is 1. The maximum absolute atomic E-state index is 12.0. The second kappa shape index (κ2) is 8.35. The predicted molar refractivity (Wildman–Crippen MR) is 92.6 cm³/mol. The molecule has 24 heavy (non-hydrogen) atoms. The number of hydrogen-bond acceptors (Lipinski definition) is 5. The summed E-state index contributed by atoms with van der Waals surface area (Å²) in [5.41, 5.74) is 0.781. The maximum Gasteiger partial charge on any atom is 0.339 e. The molecule has 0 aliphatic heterocycles. The molecule has 0 aromatic heterocycles. The predicted octanol–water partition coefficient (Wildman–Crippen LogP) is 3.26. The Morgan fingerprint density at radius 1 is 1.08 bits per heavy atom. The van der Waals surface area contributed by atoms with Gasteiger partial charge in [0.2, 0.25) is 0 Å². The van der Waals surface area contributed by atoms with Crippen molar-refractivity contribution < 1.29 is 23.8 Å². The highest BCUT2D eigenvalue weighted by Gasteiger charge is 2.14. The van der Waals surface area contributed by atoms with Crippen LogP contribution in [0.25, 0.3) is 0 Å². The first-order valence-electron chi connectivity index (χ1n) is 6.98. The Hall–Kier alpha value is -2.54. The molecule has 126 valence electrons. The van der Waals surface area contributed by atoms with Crippen LogP contribution in [0, 0.1) is 0 Å². The number of carbonyl (C=O) groups is 2. The van der Waals surface area contributed by atoms with Crippen molar-refractivity contribution in [3.8, 4) is 11.5 Å². The van der Waals surface area contributed by atoms with Crippen LogP contribution in [0.2, 0.25) is 0 Å². The summed E-state index contributed by atoms with van der Waals surface area (Å²) in [6.45, 7) is -0.416. The summed E-state index contributed by atoms with van der Waals surface area (Å²) in [4.78, 5) is 24.0. The summed E-state index contributed by atoms with van der Waals surface area (Å²) in [5, 5.41) is 2.62. The highest BCUT2D eigenvalue weighted by atomic mass is 79.9. The first-order chi connectivity index (χ1) is 11.5. The molecule has 1 N–H and O–H groups in total. The number of benzene rings is 2. The lowest BCUT2D eigenvalue weighted by atomic mass is 10.2. The Labute approximate surface area is 147 Å². The van der Waals surface area contributed by atoms with Crippen molar-refractivity contribution in [2.45, 2.75) is 0 Å². The first kappa shape index (κ1) is 17.8. The van der Waals surface area contributed by atoms with Crippen molar-refractivity contribution in [3.05, 3.63) is 52.5 Å². The molecule has 0 spiro atoms. The zero-order chi connectivity index (χ0) is 17.5. The second-order valence-corrected chi connectivity index (χ2v) is 5.52. The number of nitrogens with one attached hydrogen (secondary N) is 1. The van der Waals surface area contributed by atoms with Crippen LogP contribution in [-0.2, 0) is 9.53 Å². The molecule has 0 heterocycles. The zero-order valence-electron chi connectivity index (χ0n) is 13.2. The van der Waals surface area contributed by atoms with Gasteiger partial charge in [0.15, 0.2) is 6.61 Å². The van der Waals surface area contributed by atoms with Gasteiger partial charge in [-0.3, -0.25) is 4.79 Å². The van der Waals surface area contributed by atoms with Crippen molar-refractivity contribution in [3.63, 3.8) is 0 Å². The van der Waals surface area contributed by atoms with Gasteiger partial charge in [0, 0.05) is 10.5 Å². The van der Waals surface area contributed by atoms with E-state index < -0.39 is 18.5 Å². The summed E-state index contributed by atoms with van der Waals surface area (Å²) in [5.74, 6) is -0.0326. The molecular weight excluding hydrogens is 378 g/mol. The minimum atomic E-state index is -0.588. The highest BCUT2D eigenvalue weighted by Crippen LogP contribution is 2.28. The van der Waals surface area contributed by atoms with Crippen LogP contribution in [0.1, 0.15) is 10.4 Å². The molecule has 2 aromatic carbocycles. The molecule has 7 heteroatoms. The lowest BCUT2D eigenvalue weighted by Crippen LogP contribution is -2.21. The van der Waals surface area contributed by atoms with E-state index >= 15 is 0 Å². The average molecular weight is 394 g/mol. The minimum Gasteiger partial charge on any atom is -0.497 e. The Bertz CT molecular complexity index is 748. The van der Waals surface area contributed by atoms with E-state index in [1.807, 2.05) is 0 Å². The zero-order valence-corrected chi connectivity index (χ0v) is 14.8. The summed E-state index contributed by atoms with van der Waals surface area (Å²) in [6.07, 6.45) is 0. The molecule has 0 unspecified atom stereocenters. The standard InChI is InChI=1S/C17H16BrNO5/c1-22-11-7-8-15(23-2)14(9-11)19-16(20)10-24-17(21)12-5-3-4-6-13(12)18/h3-9H,10H2,1-2H3,(H,19,20). The van der Waals surface area contributed by atoms with E-state index in [0.717, 1.165) is 0 Å². The largest absolute Gasteiger partial charge is 0.497 e. The van der Waals surface area contributed by atoms with Gasteiger partial charge in [-0.2, -0.15) is 0 Å². The fourth-order valence-corrected chi connectivity index (χ4v) is 2.38. The quantitative estimate of drug-likeness (QED) is 0.762. The summed E-state index contributed by atoms with van der Waals surface area (Å²) < 4.78 is 15.9.